The first-order valence-corrected chi connectivity index (χ1v) is 3.07. The number of methoxy groups -OCH3 is 1. The molecule has 1 rings (SSSR count). The normalized spacial score (nSPS) is 31.5. The Morgan fingerprint density at radius 1 is 1.62 bits per heavy atom. The minimum absolute atomic E-state index is 0.398. The highest BCUT2D eigenvalue weighted by Crippen LogP contribution is 2.13. The van der Waals surface area contributed by atoms with E-state index in [-0.39, 0.29) is 0 Å². The second kappa shape index (κ2) is 2.46. The van der Waals surface area contributed by atoms with E-state index in [0.717, 1.165) is 0 Å². The van der Waals surface area contributed by atoms with Crippen LogP contribution in [0.2, 0.25) is 0 Å². The van der Waals surface area contributed by atoms with E-state index in [2.05, 4.69) is 11.9 Å². The molecule has 1 atom stereocenters. The van der Waals surface area contributed by atoms with Crippen molar-refractivity contribution in [1.29, 1.82) is 0 Å². The molecule has 0 aromatic rings. The van der Waals surface area contributed by atoms with E-state index in [0.29, 0.717) is 6.23 Å². The molecule has 1 aliphatic rings. The average molecular weight is 115 g/mol. The molecule has 0 aromatic carbocycles. The van der Waals surface area contributed by atoms with Gasteiger partial charge in [0.05, 0.1) is 0 Å². The molecule has 0 N–H and O–H groups in total. The summed E-state index contributed by atoms with van der Waals surface area (Å²) in [5.41, 5.74) is 0. The Bertz CT molecular complexity index is 74.9. The molecule has 0 amide bonds. The average Bonchev–Trinajstić information content (AvgIpc) is 2.14. The van der Waals surface area contributed by atoms with Crippen molar-refractivity contribution in [3.05, 3.63) is 0 Å². The highest BCUT2D eigenvalue weighted by molar-refractivity contribution is 4.66. The fourth-order valence-electron chi connectivity index (χ4n) is 1.18. The second-order valence-corrected chi connectivity index (χ2v) is 2.31. The molecule has 0 radical (unpaired) electrons. The van der Waals surface area contributed by atoms with Gasteiger partial charge in [-0.05, 0) is 19.9 Å². The van der Waals surface area contributed by atoms with Crippen LogP contribution in [0.15, 0.2) is 0 Å². The summed E-state index contributed by atoms with van der Waals surface area (Å²) < 4.78 is 5.15. The van der Waals surface area contributed by atoms with Gasteiger partial charge in [-0.25, -0.2) is 0 Å². The van der Waals surface area contributed by atoms with Crippen molar-refractivity contribution in [2.45, 2.75) is 19.1 Å². The lowest BCUT2D eigenvalue weighted by Crippen LogP contribution is -2.25. The minimum atomic E-state index is 0.398. The molecular formula is C6H13NO. The summed E-state index contributed by atoms with van der Waals surface area (Å²) in [4.78, 5) is 2.24. The van der Waals surface area contributed by atoms with Crippen molar-refractivity contribution >= 4 is 0 Å². The first-order chi connectivity index (χ1) is 3.84. The third-order valence-corrected chi connectivity index (χ3v) is 1.73. The predicted octanol–water partition coefficient (Wildman–Crippen LogP) is 0.684. The van der Waals surface area contributed by atoms with Crippen LogP contribution in [0, 0.1) is 0 Å². The predicted molar refractivity (Wildman–Crippen MR) is 32.7 cm³/mol. The van der Waals surface area contributed by atoms with Crippen LogP contribution in [0.25, 0.3) is 0 Å². The SMILES string of the molecule is COC1CCCN1C. The molecule has 0 bridgehead atoms. The van der Waals surface area contributed by atoms with Crippen molar-refractivity contribution in [3.63, 3.8) is 0 Å². The minimum Gasteiger partial charge on any atom is -0.366 e. The van der Waals surface area contributed by atoms with Crippen molar-refractivity contribution in [3.8, 4) is 0 Å². The van der Waals surface area contributed by atoms with Crippen LogP contribution in [0.4, 0.5) is 0 Å². The molecule has 8 heavy (non-hydrogen) atoms. The lowest BCUT2D eigenvalue weighted by molar-refractivity contribution is 0.0109. The van der Waals surface area contributed by atoms with Crippen molar-refractivity contribution in [2.75, 3.05) is 20.7 Å². The molecule has 2 heteroatoms. The monoisotopic (exact) mass is 115 g/mol. The number of rotatable bonds is 1. The maximum atomic E-state index is 5.15. The number of nitrogens with zero attached hydrogens (tertiary/aromatic N) is 1. The molecule has 2 nitrogen and oxygen atoms in total. The Labute approximate surface area is 50.4 Å². The fraction of sp³-hybridized carbons (Fsp3) is 1.00. The Kier molecular flexibility index (Phi) is 1.86. The van der Waals surface area contributed by atoms with Gasteiger partial charge in [0, 0.05) is 13.7 Å². The van der Waals surface area contributed by atoms with Gasteiger partial charge in [0.15, 0.2) is 0 Å². The second-order valence-electron chi connectivity index (χ2n) is 2.31. The van der Waals surface area contributed by atoms with Crippen LogP contribution in [0.5, 0.6) is 0 Å². The first-order valence-electron chi connectivity index (χ1n) is 3.07. The number of likely N-dealkylation sites (tertiary alicyclic amines) is 1. The number of hydrogen-bond donors (Lipinski definition) is 0. The van der Waals surface area contributed by atoms with E-state index in [1.807, 2.05) is 0 Å². The molecule has 0 aliphatic carbocycles. The van der Waals surface area contributed by atoms with Crippen LogP contribution in [-0.2, 0) is 4.74 Å². The lowest BCUT2D eigenvalue weighted by Gasteiger charge is -2.16. The van der Waals surface area contributed by atoms with E-state index in [1.165, 1.54) is 19.4 Å². The maximum absolute atomic E-state index is 5.15. The summed E-state index contributed by atoms with van der Waals surface area (Å²) in [6.45, 7) is 1.19. The van der Waals surface area contributed by atoms with E-state index < -0.39 is 0 Å². The van der Waals surface area contributed by atoms with Gasteiger partial charge in [-0.3, -0.25) is 4.90 Å². The summed E-state index contributed by atoms with van der Waals surface area (Å²) in [6.07, 6.45) is 2.89. The van der Waals surface area contributed by atoms with Crippen molar-refractivity contribution < 1.29 is 4.74 Å². The summed E-state index contributed by atoms with van der Waals surface area (Å²) in [7, 11) is 3.87. The molecule has 1 fully saturated rings. The van der Waals surface area contributed by atoms with Crippen LogP contribution < -0.4 is 0 Å². The third-order valence-electron chi connectivity index (χ3n) is 1.73. The van der Waals surface area contributed by atoms with Gasteiger partial charge in [0.2, 0.25) is 0 Å². The topological polar surface area (TPSA) is 12.5 Å². The van der Waals surface area contributed by atoms with Gasteiger partial charge in [-0.1, -0.05) is 0 Å². The summed E-state index contributed by atoms with van der Waals surface area (Å²) >= 11 is 0. The maximum Gasteiger partial charge on any atom is 0.110 e. The molecule has 1 heterocycles. The van der Waals surface area contributed by atoms with Gasteiger partial charge in [0.25, 0.3) is 0 Å². The van der Waals surface area contributed by atoms with Gasteiger partial charge in [0.1, 0.15) is 6.23 Å². The molecule has 1 aliphatic heterocycles. The Morgan fingerprint density at radius 3 is 2.62 bits per heavy atom. The molecule has 1 unspecified atom stereocenters. The van der Waals surface area contributed by atoms with Gasteiger partial charge in [-0.15, -0.1) is 0 Å². The van der Waals surface area contributed by atoms with Crippen LogP contribution in [0.3, 0.4) is 0 Å². The quantitative estimate of drug-likeness (QED) is 0.498. The molecule has 0 spiro atoms. The standard InChI is InChI=1S/C6H13NO/c1-7-5-3-4-6(7)8-2/h6H,3-5H2,1-2H3. The fourth-order valence-corrected chi connectivity index (χ4v) is 1.18. The molecule has 0 saturated carbocycles. The van der Waals surface area contributed by atoms with E-state index in [4.69, 9.17) is 4.74 Å². The molecule has 48 valence electrons. The Balaban J connectivity index is 2.30. The zero-order valence-corrected chi connectivity index (χ0v) is 5.55. The Hall–Kier alpha value is -0.0800. The van der Waals surface area contributed by atoms with E-state index in [1.54, 1.807) is 7.11 Å². The van der Waals surface area contributed by atoms with Gasteiger partial charge >= 0.3 is 0 Å². The number of ether oxygens (including phenoxy) is 1. The highest BCUT2D eigenvalue weighted by atomic mass is 16.5. The summed E-state index contributed by atoms with van der Waals surface area (Å²) in [6, 6.07) is 0. The van der Waals surface area contributed by atoms with E-state index >= 15 is 0 Å². The van der Waals surface area contributed by atoms with Crippen LogP contribution in [0.1, 0.15) is 12.8 Å². The van der Waals surface area contributed by atoms with Crippen molar-refractivity contribution in [2.24, 2.45) is 0 Å². The summed E-state index contributed by atoms with van der Waals surface area (Å²) in [5.74, 6) is 0. The highest BCUT2D eigenvalue weighted by Gasteiger charge is 2.18. The lowest BCUT2D eigenvalue weighted by atomic mass is 10.4. The largest absolute Gasteiger partial charge is 0.366 e. The van der Waals surface area contributed by atoms with Gasteiger partial charge < -0.3 is 4.74 Å². The zero-order valence-electron chi connectivity index (χ0n) is 5.55. The third kappa shape index (κ3) is 1.01. The van der Waals surface area contributed by atoms with Crippen LogP contribution >= 0.6 is 0 Å². The zero-order chi connectivity index (χ0) is 5.98. The van der Waals surface area contributed by atoms with Crippen LogP contribution in [-0.4, -0.2) is 31.8 Å². The Morgan fingerprint density at radius 2 is 2.38 bits per heavy atom. The molecule has 1 saturated heterocycles. The van der Waals surface area contributed by atoms with E-state index in [9.17, 15) is 0 Å². The summed E-state index contributed by atoms with van der Waals surface area (Å²) in [5, 5.41) is 0. The van der Waals surface area contributed by atoms with Crippen molar-refractivity contribution in [1.82, 2.24) is 4.90 Å². The molecule has 0 aromatic heterocycles. The molecular weight excluding hydrogens is 102 g/mol. The van der Waals surface area contributed by atoms with Gasteiger partial charge in [-0.2, -0.15) is 0 Å². The smallest absolute Gasteiger partial charge is 0.110 e. The first kappa shape index (κ1) is 6.05. The number of hydrogen-bond acceptors (Lipinski definition) is 2.